The third-order valence-electron chi connectivity index (χ3n) is 1.84. The third-order valence-corrected chi connectivity index (χ3v) is 2.03. The highest BCUT2D eigenvalue weighted by atomic mass is 35.5. The van der Waals surface area contributed by atoms with E-state index in [0.717, 1.165) is 6.54 Å². The standard InChI is InChI=1S/C10H14ClN/c1-9(12-8-7-11)10-5-3-2-4-6-10/h2-6,9,12H,7-8H2,1H3. The number of hydrogen-bond acceptors (Lipinski definition) is 1. The number of benzene rings is 1. The average Bonchev–Trinajstić information content (AvgIpc) is 2.15. The zero-order valence-corrected chi connectivity index (χ0v) is 8.01. The Labute approximate surface area is 78.7 Å². The van der Waals surface area contributed by atoms with E-state index in [4.69, 9.17) is 11.6 Å². The van der Waals surface area contributed by atoms with Gasteiger partial charge in [0.1, 0.15) is 0 Å². The second kappa shape index (κ2) is 5.18. The molecule has 1 aromatic carbocycles. The van der Waals surface area contributed by atoms with E-state index in [9.17, 15) is 0 Å². The van der Waals surface area contributed by atoms with Crippen molar-refractivity contribution in [3.8, 4) is 0 Å². The molecule has 0 radical (unpaired) electrons. The molecule has 0 aliphatic carbocycles. The van der Waals surface area contributed by atoms with Crippen molar-refractivity contribution in [2.75, 3.05) is 12.4 Å². The first kappa shape index (κ1) is 9.56. The van der Waals surface area contributed by atoms with Crippen molar-refractivity contribution < 1.29 is 0 Å². The Balaban J connectivity index is 2.48. The number of hydrogen-bond donors (Lipinski definition) is 1. The van der Waals surface area contributed by atoms with Crippen molar-refractivity contribution in [2.45, 2.75) is 13.0 Å². The van der Waals surface area contributed by atoms with Crippen molar-refractivity contribution in [1.82, 2.24) is 5.32 Å². The predicted molar refractivity (Wildman–Crippen MR) is 53.6 cm³/mol. The monoisotopic (exact) mass is 183 g/mol. The molecule has 0 saturated carbocycles. The summed E-state index contributed by atoms with van der Waals surface area (Å²) in [6, 6.07) is 10.8. The summed E-state index contributed by atoms with van der Waals surface area (Å²) >= 11 is 5.57. The SMILES string of the molecule is CC(NCCCl)c1ccccc1. The van der Waals surface area contributed by atoms with Crippen LogP contribution in [0, 0.1) is 0 Å². The Bertz CT molecular complexity index is 210. The van der Waals surface area contributed by atoms with Gasteiger partial charge in [0.2, 0.25) is 0 Å². The largest absolute Gasteiger partial charge is 0.309 e. The van der Waals surface area contributed by atoms with Crippen molar-refractivity contribution in [1.29, 1.82) is 0 Å². The molecule has 1 N–H and O–H groups in total. The van der Waals surface area contributed by atoms with Gasteiger partial charge in [0.05, 0.1) is 0 Å². The number of rotatable bonds is 4. The Morgan fingerprint density at radius 3 is 2.58 bits per heavy atom. The van der Waals surface area contributed by atoms with Crippen LogP contribution >= 0.6 is 11.6 Å². The minimum Gasteiger partial charge on any atom is -0.309 e. The molecule has 0 aromatic heterocycles. The van der Waals surface area contributed by atoms with Gasteiger partial charge in [-0.05, 0) is 12.5 Å². The lowest BCUT2D eigenvalue weighted by molar-refractivity contribution is 0.600. The van der Waals surface area contributed by atoms with Crippen molar-refractivity contribution in [3.63, 3.8) is 0 Å². The van der Waals surface area contributed by atoms with Crippen LogP contribution in [0.4, 0.5) is 0 Å². The summed E-state index contributed by atoms with van der Waals surface area (Å²) in [5, 5.41) is 3.32. The van der Waals surface area contributed by atoms with Crippen molar-refractivity contribution in [3.05, 3.63) is 35.9 Å². The fourth-order valence-corrected chi connectivity index (χ4v) is 1.24. The van der Waals surface area contributed by atoms with Gasteiger partial charge < -0.3 is 5.32 Å². The van der Waals surface area contributed by atoms with Gasteiger partial charge in [-0.2, -0.15) is 0 Å². The van der Waals surface area contributed by atoms with Gasteiger partial charge in [-0.15, -0.1) is 11.6 Å². The predicted octanol–water partition coefficient (Wildman–Crippen LogP) is 2.58. The zero-order valence-electron chi connectivity index (χ0n) is 7.26. The average molecular weight is 184 g/mol. The first-order valence-corrected chi connectivity index (χ1v) is 4.72. The second-order valence-corrected chi connectivity index (χ2v) is 3.15. The van der Waals surface area contributed by atoms with Crippen LogP contribution in [0.2, 0.25) is 0 Å². The molecular weight excluding hydrogens is 170 g/mol. The van der Waals surface area contributed by atoms with Gasteiger partial charge in [-0.3, -0.25) is 0 Å². The lowest BCUT2D eigenvalue weighted by atomic mass is 10.1. The number of halogens is 1. The lowest BCUT2D eigenvalue weighted by Crippen LogP contribution is -2.20. The van der Waals surface area contributed by atoms with Gasteiger partial charge >= 0.3 is 0 Å². The molecule has 0 heterocycles. The summed E-state index contributed by atoms with van der Waals surface area (Å²) in [5.74, 6) is 0.664. The minimum atomic E-state index is 0.393. The second-order valence-electron chi connectivity index (χ2n) is 2.78. The van der Waals surface area contributed by atoms with E-state index >= 15 is 0 Å². The molecule has 0 fully saturated rings. The molecule has 1 aromatic rings. The van der Waals surface area contributed by atoms with Gasteiger partial charge in [-0.1, -0.05) is 30.3 Å². The Morgan fingerprint density at radius 2 is 2.00 bits per heavy atom. The first-order chi connectivity index (χ1) is 5.84. The molecule has 0 aliphatic rings. The van der Waals surface area contributed by atoms with Gasteiger partial charge in [0, 0.05) is 18.5 Å². The summed E-state index contributed by atoms with van der Waals surface area (Å²) in [4.78, 5) is 0. The Hall–Kier alpha value is -0.530. The number of alkyl halides is 1. The van der Waals surface area contributed by atoms with Crippen LogP contribution in [0.3, 0.4) is 0 Å². The smallest absolute Gasteiger partial charge is 0.0348 e. The molecule has 0 bridgehead atoms. The first-order valence-electron chi connectivity index (χ1n) is 4.19. The Morgan fingerprint density at radius 1 is 1.33 bits per heavy atom. The molecular formula is C10H14ClN. The highest BCUT2D eigenvalue weighted by Crippen LogP contribution is 2.10. The van der Waals surface area contributed by atoms with Crippen LogP contribution in [-0.4, -0.2) is 12.4 Å². The molecule has 1 nitrogen and oxygen atoms in total. The van der Waals surface area contributed by atoms with E-state index < -0.39 is 0 Å². The summed E-state index contributed by atoms with van der Waals surface area (Å²) in [6.07, 6.45) is 0. The molecule has 12 heavy (non-hydrogen) atoms. The van der Waals surface area contributed by atoms with E-state index in [1.165, 1.54) is 5.56 Å². The maximum absolute atomic E-state index is 5.57. The highest BCUT2D eigenvalue weighted by Gasteiger charge is 2.01. The van der Waals surface area contributed by atoms with Crippen molar-refractivity contribution >= 4 is 11.6 Å². The molecule has 2 heteroatoms. The molecule has 1 unspecified atom stereocenters. The molecule has 1 rings (SSSR count). The molecule has 0 saturated heterocycles. The van der Waals surface area contributed by atoms with Crippen molar-refractivity contribution in [2.24, 2.45) is 0 Å². The van der Waals surface area contributed by atoms with Crippen LogP contribution < -0.4 is 5.32 Å². The van der Waals surface area contributed by atoms with E-state index in [1.807, 2.05) is 18.2 Å². The van der Waals surface area contributed by atoms with E-state index in [-0.39, 0.29) is 0 Å². The van der Waals surface area contributed by atoms with Gasteiger partial charge in [0.25, 0.3) is 0 Å². The molecule has 66 valence electrons. The Kier molecular flexibility index (Phi) is 4.12. The minimum absolute atomic E-state index is 0.393. The fraction of sp³-hybridized carbons (Fsp3) is 0.400. The topological polar surface area (TPSA) is 12.0 Å². The summed E-state index contributed by atoms with van der Waals surface area (Å²) in [5.41, 5.74) is 1.31. The number of nitrogens with one attached hydrogen (secondary N) is 1. The van der Waals surface area contributed by atoms with Crippen LogP contribution in [0.15, 0.2) is 30.3 Å². The van der Waals surface area contributed by atoms with Gasteiger partial charge in [-0.25, -0.2) is 0 Å². The molecule has 0 amide bonds. The maximum atomic E-state index is 5.57. The third kappa shape index (κ3) is 2.84. The summed E-state index contributed by atoms with van der Waals surface area (Å²) < 4.78 is 0. The van der Waals surface area contributed by atoms with Crippen LogP contribution in [0.5, 0.6) is 0 Å². The quantitative estimate of drug-likeness (QED) is 0.708. The van der Waals surface area contributed by atoms with Crippen LogP contribution in [0.1, 0.15) is 18.5 Å². The van der Waals surface area contributed by atoms with Crippen LogP contribution in [0.25, 0.3) is 0 Å². The zero-order chi connectivity index (χ0) is 8.81. The molecule has 1 atom stereocenters. The van der Waals surface area contributed by atoms with E-state index in [1.54, 1.807) is 0 Å². The highest BCUT2D eigenvalue weighted by molar-refractivity contribution is 6.18. The normalized spacial score (nSPS) is 12.8. The lowest BCUT2D eigenvalue weighted by Gasteiger charge is -2.12. The fourth-order valence-electron chi connectivity index (χ4n) is 1.13. The maximum Gasteiger partial charge on any atom is 0.0348 e. The van der Waals surface area contributed by atoms with Crippen LogP contribution in [-0.2, 0) is 0 Å². The molecule has 0 aliphatic heterocycles. The van der Waals surface area contributed by atoms with E-state index in [0.29, 0.717) is 11.9 Å². The molecule has 0 spiro atoms. The summed E-state index contributed by atoms with van der Waals surface area (Å²) in [7, 11) is 0. The van der Waals surface area contributed by atoms with E-state index in [2.05, 4.69) is 24.4 Å². The van der Waals surface area contributed by atoms with Gasteiger partial charge in [0.15, 0.2) is 0 Å². The summed E-state index contributed by atoms with van der Waals surface area (Å²) in [6.45, 7) is 3.00.